The Labute approximate surface area is 219 Å². The standard InChI is InChI=1S/C26H31BrN8O/c1-33(2)19-9-11-35(12-10-19)20-6-7-22(24(14-20)36-4)31-26-28-16-21(27)25(32-26)30-18-5-8-23-17(13-18)15-29-34(23)3/h5-8,13-16,19H,9-12H2,1-4H3,(H2,28,30,31,32). The maximum absolute atomic E-state index is 5.72. The normalized spacial score (nSPS) is 14.4. The second-order valence-corrected chi connectivity index (χ2v) is 10.1. The number of benzene rings is 2. The fourth-order valence-corrected chi connectivity index (χ4v) is 4.92. The van der Waals surface area contributed by atoms with Crippen molar-refractivity contribution >= 4 is 55.7 Å². The van der Waals surface area contributed by atoms with Crippen molar-refractivity contribution in [1.82, 2.24) is 24.6 Å². The number of ether oxygens (including phenoxy) is 1. The van der Waals surface area contributed by atoms with E-state index < -0.39 is 0 Å². The lowest BCUT2D eigenvalue weighted by Gasteiger charge is -2.36. The molecule has 2 aromatic carbocycles. The van der Waals surface area contributed by atoms with Gasteiger partial charge in [-0.1, -0.05) is 0 Å². The average molecular weight is 551 g/mol. The van der Waals surface area contributed by atoms with E-state index in [2.05, 4.69) is 77.7 Å². The molecular weight excluding hydrogens is 520 g/mol. The fourth-order valence-electron chi connectivity index (χ4n) is 4.63. The van der Waals surface area contributed by atoms with Crippen LogP contribution in [0.25, 0.3) is 10.9 Å². The first kappa shape index (κ1) is 24.3. The number of fused-ring (bicyclic) bond motifs is 1. The van der Waals surface area contributed by atoms with Crippen LogP contribution in [0.1, 0.15) is 12.8 Å². The van der Waals surface area contributed by atoms with Crippen LogP contribution >= 0.6 is 15.9 Å². The molecule has 188 valence electrons. The summed E-state index contributed by atoms with van der Waals surface area (Å²) < 4.78 is 8.33. The molecule has 9 nitrogen and oxygen atoms in total. The topological polar surface area (TPSA) is 83.4 Å². The van der Waals surface area contributed by atoms with Gasteiger partial charge in [0.25, 0.3) is 0 Å². The van der Waals surface area contributed by atoms with Gasteiger partial charge in [0, 0.05) is 55.2 Å². The summed E-state index contributed by atoms with van der Waals surface area (Å²) in [5, 5.41) is 12.1. The van der Waals surface area contributed by atoms with E-state index in [9.17, 15) is 0 Å². The van der Waals surface area contributed by atoms with Crippen LogP contribution in [0, 0.1) is 0 Å². The van der Waals surface area contributed by atoms with Crippen molar-refractivity contribution in [1.29, 1.82) is 0 Å². The third-order valence-electron chi connectivity index (χ3n) is 6.74. The van der Waals surface area contributed by atoms with Crippen LogP contribution in [0.5, 0.6) is 5.75 Å². The molecule has 36 heavy (non-hydrogen) atoms. The van der Waals surface area contributed by atoms with E-state index in [4.69, 9.17) is 4.74 Å². The second-order valence-electron chi connectivity index (χ2n) is 9.25. The molecule has 0 spiro atoms. The Morgan fingerprint density at radius 2 is 1.86 bits per heavy atom. The Bertz CT molecular complexity index is 1360. The molecule has 2 N–H and O–H groups in total. The molecule has 1 saturated heterocycles. The number of anilines is 5. The molecule has 0 unspecified atom stereocenters. The summed E-state index contributed by atoms with van der Waals surface area (Å²) in [7, 11) is 7.94. The highest BCUT2D eigenvalue weighted by Gasteiger charge is 2.21. The average Bonchev–Trinajstić information content (AvgIpc) is 3.26. The highest BCUT2D eigenvalue weighted by molar-refractivity contribution is 9.10. The molecule has 3 heterocycles. The number of hydrogen-bond donors (Lipinski definition) is 2. The summed E-state index contributed by atoms with van der Waals surface area (Å²) in [4.78, 5) is 13.9. The Kier molecular flexibility index (Phi) is 6.97. The largest absolute Gasteiger partial charge is 0.494 e. The predicted octanol–water partition coefficient (Wildman–Crippen LogP) is 5.15. The maximum atomic E-state index is 5.72. The summed E-state index contributed by atoms with van der Waals surface area (Å²) in [6.07, 6.45) is 5.90. The number of halogens is 1. The molecule has 1 aliphatic heterocycles. The van der Waals surface area contributed by atoms with Crippen molar-refractivity contribution in [3.63, 3.8) is 0 Å². The van der Waals surface area contributed by atoms with Gasteiger partial charge in [-0.05, 0) is 73.2 Å². The molecule has 5 rings (SSSR count). The van der Waals surface area contributed by atoms with Gasteiger partial charge in [-0.3, -0.25) is 4.68 Å². The van der Waals surface area contributed by atoms with Crippen LogP contribution < -0.4 is 20.3 Å². The van der Waals surface area contributed by atoms with Gasteiger partial charge in [0.1, 0.15) is 11.6 Å². The molecule has 0 radical (unpaired) electrons. The Hall–Kier alpha value is -3.37. The molecule has 1 aliphatic rings. The van der Waals surface area contributed by atoms with E-state index in [-0.39, 0.29) is 0 Å². The number of aryl methyl sites for hydroxylation is 1. The van der Waals surface area contributed by atoms with Crippen LogP contribution in [0.15, 0.2) is 53.3 Å². The Morgan fingerprint density at radius 3 is 2.61 bits per heavy atom. The minimum Gasteiger partial charge on any atom is -0.494 e. The number of nitrogens with zero attached hydrogens (tertiary/aromatic N) is 6. The first-order valence-electron chi connectivity index (χ1n) is 12.0. The number of nitrogens with one attached hydrogen (secondary N) is 2. The minimum atomic E-state index is 0.473. The third kappa shape index (κ3) is 5.10. The first-order valence-corrected chi connectivity index (χ1v) is 12.8. The molecule has 0 aliphatic carbocycles. The van der Waals surface area contributed by atoms with Gasteiger partial charge in [0.15, 0.2) is 0 Å². The van der Waals surface area contributed by atoms with Crippen molar-refractivity contribution in [2.75, 3.05) is 49.8 Å². The van der Waals surface area contributed by atoms with Crippen molar-refractivity contribution < 1.29 is 4.74 Å². The van der Waals surface area contributed by atoms with E-state index in [0.717, 1.165) is 58.4 Å². The van der Waals surface area contributed by atoms with Crippen molar-refractivity contribution in [2.24, 2.45) is 7.05 Å². The number of methoxy groups -OCH3 is 1. The molecule has 10 heteroatoms. The Morgan fingerprint density at radius 1 is 1.06 bits per heavy atom. The number of aromatic nitrogens is 4. The molecule has 4 aromatic rings. The molecule has 0 saturated carbocycles. The minimum absolute atomic E-state index is 0.473. The van der Waals surface area contributed by atoms with Crippen LogP contribution in [0.3, 0.4) is 0 Å². The molecule has 0 atom stereocenters. The van der Waals surface area contributed by atoms with Gasteiger partial charge >= 0.3 is 0 Å². The molecule has 0 bridgehead atoms. The predicted molar refractivity (Wildman–Crippen MR) is 149 cm³/mol. The SMILES string of the molecule is COc1cc(N2CCC(N(C)C)CC2)ccc1Nc1ncc(Br)c(Nc2ccc3c(cnn3C)c2)n1. The smallest absolute Gasteiger partial charge is 0.229 e. The van der Waals surface area contributed by atoms with Crippen molar-refractivity contribution in [3.05, 3.63) is 53.3 Å². The van der Waals surface area contributed by atoms with Crippen LogP contribution in [-0.2, 0) is 7.05 Å². The summed E-state index contributed by atoms with van der Waals surface area (Å²) in [5.41, 5.74) is 3.97. The second kappa shape index (κ2) is 10.3. The van der Waals surface area contributed by atoms with E-state index in [1.807, 2.05) is 42.2 Å². The summed E-state index contributed by atoms with van der Waals surface area (Å²) >= 11 is 3.56. The van der Waals surface area contributed by atoms with Gasteiger partial charge in [-0.2, -0.15) is 10.1 Å². The summed E-state index contributed by atoms with van der Waals surface area (Å²) in [6, 6.07) is 13.0. The lowest BCUT2D eigenvalue weighted by molar-refractivity contribution is 0.249. The van der Waals surface area contributed by atoms with Gasteiger partial charge in [0.05, 0.1) is 29.0 Å². The lowest BCUT2D eigenvalue weighted by Crippen LogP contribution is -2.41. The van der Waals surface area contributed by atoms with E-state index >= 15 is 0 Å². The zero-order chi connectivity index (χ0) is 25.2. The molecule has 2 aromatic heterocycles. The zero-order valence-corrected chi connectivity index (χ0v) is 22.6. The van der Waals surface area contributed by atoms with Gasteiger partial charge < -0.3 is 25.2 Å². The van der Waals surface area contributed by atoms with Crippen molar-refractivity contribution in [3.8, 4) is 5.75 Å². The van der Waals surface area contributed by atoms with E-state index in [1.54, 1.807) is 13.3 Å². The van der Waals surface area contributed by atoms with Crippen LogP contribution in [0.4, 0.5) is 28.8 Å². The number of piperidine rings is 1. The molecule has 0 amide bonds. The van der Waals surface area contributed by atoms with Crippen LogP contribution in [0.2, 0.25) is 0 Å². The monoisotopic (exact) mass is 550 g/mol. The van der Waals surface area contributed by atoms with Gasteiger partial charge in [-0.25, -0.2) is 4.98 Å². The third-order valence-corrected chi connectivity index (χ3v) is 7.32. The van der Waals surface area contributed by atoms with Crippen molar-refractivity contribution in [2.45, 2.75) is 18.9 Å². The summed E-state index contributed by atoms with van der Waals surface area (Å²) in [6.45, 7) is 2.07. The van der Waals surface area contributed by atoms with E-state index in [0.29, 0.717) is 17.8 Å². The molecular formula is C26H31BrN8O. The van der Waals surface area contributed by atoms with Gasteiger partial charge in [-0.15, -0.1) is 0 Å². The lowest BCUT2D eigenvalue weighted by atomic mass is 10.0. The first-order chi connectivity index (χ1) is 17.4. The number of hydrogen-bond acceptors (Lipinski definition) is 8. The summed E-state index contributed by atoms with van der Waals surface area (Å²) in [5.74, 6) is 1.89. The highest BCUT2D eigenvalue weighted by atomic mass is 79.9. The quantitative estimate of drug-likeness (QED) is 0.326. The highest BCUT2D eigenvalue weighted by Crippen LogP contribution is 2.34. The Balaban J connectivity index is 1.32. The zero-order valence-electron chi connectivity index (χ0n) is 21.0. The molecule has 1 fully saturated rings. The van der Waals surface area contributed by atoms with Crippen LogP contribution in [-0.4, -0.2) is 65.0 Å². The van der Waals surface area contributed by atoms with E-state index in [1.165, 1.54) is 5.69 Å². The number of rotatable bonds is 7. The van der Waals surface area contributed by atoms with Gasteiger partial charge in [0.2, 0.25) is 5.95 Å². The maximum Gasteiger partial charge on any atom is 0.229 e. The fraction of sp³-hybridized carbons (Fsp3) is 0.346.